The van der Waals surface area contributed by atoms with Crippen LogP contribution in [0.25, 0.3) is 0 Å². The molecule has 2 nitrogen and oxygen atoms in total. The van der Waals surface area contributed by atoms with Crippen molar-refractivity contribution in [3.63, 3.8) is 0 Å². The lowest BCUT2D eigenvalue weighted by Crippen LogP contribution is -2.63. The summed E-state index contributed by atoms with van der Waals surface area (Å²) < 4.78 is 0. The minimum atomic E-state index is 0.248. The van der Waals surface area contributed by atoms with Gasteiger partial charge in [-0.15, -0.1) is 0 Å². The Morgan fingerprint density at radius 2 is 1.95 bits per heavy atom. The Balaban J connectivity index is 1.87. The van der Waals surface area contributed by atoms with Crippen molar-refractivity contribution < 1.29 is 0 Å². The van der Waals surface area contributed by atoms with Crippen molar-refractivity contribution in [3.8, 4) is 0 Å². The van der Waals surface area contributed by atoms with Gasteiger partial charge in [0, 0.05) is 24.7 Å². The van der Waals surface area contributed by atoms with Crippen molar-refractivity contribution >= 4 is 0 Å². The Bertz CT molecular complexity index is 397. The lowest BCUT2D eigenvalue weighted by atomic mass is 9.92. The van der Waals surface area contributed by atoms with Crippen molar-refractivity contribution in [1.82, 2.24) is 10.2 Å². The zero-order valence-corrected chi connectivity index (χ0v) is 13.5. The van der Waals surface area contributed by atoms with Crippen LogP contribution in [0.5, 0.6) is 0 Å². The fraction of sp³-hybridized carbons (Fsp3) is 0.667. The predicted molar refractivity (Wildman–Crippen MR) is 87.0 cm³/mol. The first-order chi connectivity index (χ1) is 9.48. The normalized spacial score (nSPS) is 23.1. The predicted octanol–water partition coefficient (Wildman–Crippen LogP) is 3.33. The summed E-state index contributed by atoms with van der Waals surface area (Å²) in [5.41, 5.74) is 1.71. The molecular formula is C18H30N2. The third-order valence-corrected chi connectivity index (χ3v) is 4.38. The van der Waals surface area contributed by atoms with Gasteiger partial charge in [-0.25, -0.2) is 0 Å². The van der Waals surface area contributed by atoms with Gasteiger partial charge in [-0.2, -0.15) is 0 Å². The zero-order valence-electron chi connectivity index (χ0n) is 13.5. The van der Waals surface area contributed by atoms with Crippen LogP contribution in [0.2, 0.25) is 0 Å². The number of rotatable bonds is 5. The van der Waals surface area contributed by atoms with E-state index in [4.69, 9.17) is 0 Å². The molecule has 1 aliphatic rings. The maximum absolute atomic E-state index is 3.69. The number of hydrogen-bond donors (Lipinski definition) is 1. The van der Waals surface area contributed by atoms with Crippen LogP contribution in [-0.4, -0.2) is 36.1 Å². The van der Waals surface area contributed by atoms with E-state index in [-0.39, 0.29) is 5.54 Å². The third kappa shape index (κ3) is 4.32. The highest BCUT2D eigenvalue weighted by atomic mass is 15.2. The molecule has 0 radical (unpaired) electrons. The van der Waals surface area contributed by atoms with Crippen LogP contribution in [0.4, 0.5) is 0 Å². The molecule has 0 aromatic heterocycles. The highest BCUT2D eigenvalue weighted by Crippen LogP contribution is 2.20. The zero-order chi connectivity index (χ0) is 14.6. The molecule has 2 heteroatoms. The molecular weight excluding hydrogens is 244 g/mol. The quantitative estimate of drug-likeness (QED) is 0.886. The van der Waals surface area contributed by atoms with Crippen LogP contribution in [0.3, 0.4) is 0 Å². The Hall–Kier alpha value is -0.860. The summed E-state index contributed by atoms with van der Waals surface area (Å²) >= 11 is 0. The van der Waals surface area contributed by atoms with Gasteiger partial charge in [-0.1, -0.05) is 44.2 Å². The molecule has 1 aromatic rings. The van der Waals surface area contributed by atoms with Crippen LogP contribution < -0.4 is 5.32 Å². The van der Waals surface area contributed by atoms with Gasteiger partial charge in [-0.05, 0) is 44.7 Å². The first-order valence-corrected chi connectivity index (χ1v) is 8.01. The van der Waals surface area contributed by atoms with E-state index < -0.39 is 0 Å². The molecule has 0 bridgehead atoms. The summed E-state index contributed by atoms with van der Waals surface area (Å²) in [6.45, 7) is 12.8. The smallest absolute Gasteiger partial charge is 0.0252 e. The van der Waals surface area contributed by atoms with E-state index in [2.05, 4.69) is 68.2 Å². The van der Waals surface area contributed by atoms with Crippen molar-refractivity contribution in [2.24, 2.45) is 5.92 Å². The average molecular weight is 274 g/mol. The second-order valence-corrected chi connectivity index (χ2v) is 7.14. The largest absolute Gasteiger partial charge is 0.309 e. The van der Waals surface area contributed by atoms with Crippen LogP contribution in [-0.2, 0) is 6.42 Å². The van der Waals surface area contributed by atoms with Crippen molar-refractivity contribution in [2.45, 2.75) is 52.1 Å². The fourth-order valence-corrected chi connectivity index (χ4v) is 3.22. The van der Waals surface area contributed by atoms with E-state index in [1.807, 2.05) is 0 Å². The summed E-state index contributed by atoms with van der Waals surface area (Å²) in [6, 6.07) is 11.5. The molecule has 0 spiro atoms. The second kappa shape index (κ2) is 6.73. The lowest BCUT2D eigenvalue weighted by Gasteiger charge is -2.46. The highest BCUT2D eigenvalue weighted by molar-refractivity contribution is 5.14. The summed E-state index contributed by atoms with van der Waals surface area (Å²) in [4.78, 5) is 2.70. The van der Waals surface area contributed by atoms with Crippen molar-refractivity contribution in [3.05, 3.63) is 35.9 Å². The van der Waals surface area contributed by atoms with E-state index in [0.717, 1.165) is 19.0 Å². The number of nitrogens with one attached hydrogen (secondary N) is 1. The Morgan fingerprint density at radius 1 is 1.25 bits per heavy atom. The SMILES string of the molecule is CC(C)C1CNC(C)(C)CN1CCCc1ccccc1. The number of benzene rings is 1. The number of hydrogen-bond acceptors (Lipinski definition) is 2. The van der Waals surface area contributed by atoms with Gasteiger partial charge in [0.25, 0.3) is 0 Å². The molecule has 0 amide bonds. The van der Waals surface area contributed by atoms with Gasteiger partial charge in [0.1, 0.15) is 0 Å². The monoisotopic (exact) mass is 274 g/mol. The molecule has 1 saturated heterocycles. The summed E-state index contributed by atoms with van der Waals surface area (Å²) in [5.74, 6) is 0.718. The van der Waals surface area contributed by atoms with Gasteiger partial charge < -0.3 is 5.32 Å². The molecule has 1 aliphatic heterocycles. The van der Waals surface area contributed by atoms with E-state index in [0.29, 0.717) is 6.04 Å². The maximum Gasteiger partial charge on any atom is 0.0252 e. The standard InChI is InChI=1S/C18H30N2/c1-15(2)17-13-19-18(3,4)14-20(17)12-8-11-16-9-6-5-7-10-16/h5-7,9-10,15,17,19H,8,11-14H2,1-4H3. The molecule has 1 unspecified atom stereocenters. The van der Waals surface area contributed by atoms with Gasteiger partial charge in [-0.3, -0.25) is 4.90 Å². The topological polar surface area (TPSA) is 15.3 Å². The first-order valence-electron chi connectivity index (χ1n) is 8.01. The molecule has 1 aromatic carbocycles. The van der Waals surface area contributed by atoms with Gasteiger partial charge >= 0.3 is 0 Å². The molecule has 0 aliphatic carbocycles. The van der Waals surface area contributed by atoms with Crippen LogP contribution in [0.1, 0.15) is 39.7 Å². The van der Waals surface area contributed by atoms with Gasteiger partial charge in [0.2, 0.25) is 0 Å². The Morgan fingerprint density at radius 3 is 2.60 bits per heavy atom. The van der Waals surface area contributed by atoms with Crippen molar-refractivity contribution in [1.29, 1.82) is 0 Å². The van der Waals surface area contributed by atoms with E-state index in [1.54, 1.807) is 0 Å². The second-order valence-electron chi connectivity index (χ2n) is 7.14. The molecule has 1 fully saturated rings. The van der Waals surface area contributed by atoms with Crippen LogP contribution in [0, 0.1) is 5.92 Å². The summed E-state index contributed by atoms with van der Waals surface area (Å²) in [7, 11) is 0. The van der Waals surface area contributed by atoms with Crippen LogP contribution >= 0.6 is 0 Å². The molecule has 1 atom stereocenters. The third-order valence-electron chi connectivity index (χ3n) is 4.38. The maximum atomic E-state index is 3.69. The minimum Gasteiger partial charge on any atom is -0.309 e. The summed E-state index contributed by atoms with van der Waals surface area (Å²) in [6.07, 6.45) is 2.44. The Labute approximate surface area is 124 Å². The molecule has 0 saturated carbocycles. The van der Waals surface area contributed by atoms with Crippen LogP contribution in [0.15, 0.2) is 30.3 Å². The number of aryl methyl sites for hydroxylation is 1. The molecule has 1 heterocycles. The average Bonchev–Trinajstić information content (AvgIpc) is 2.38. The van der Waals surface area contributed by atoms with E-state index in [1.165, 1.54) is 24.9 Å². The van der Waals surface area contributed by atoms with Gasteiger partial charge in [0.05, 0.1) is 0 Å². The minimum absolute atomic E-state index is 0.248. The molecule has 112 valence electrons. The summed E-state index contributed by atoms with van der Waals surface area (Å²) in [5, 5.41) is 3.69. The number of nitrogens with zero attached hydrogens (tertiary/aromatic N) is 1. The Kier molecular flexibility index (Phi) is 5.22. The number of piperazine rings is 1. The van der Waals surface area contributed by atoms with Gasteiger partial charge in [0.15, 0.2) is 0 Å². The molecule has 20 heavy (non-hydrogen) atoms. The van der Waals surface area contributed by atoms with E-state index >= 15 is 0 Å². The molecule has 2 rings (SSSR count). The molecule has 1 N–H and O–H groups in total. The fourth-order valence-electron chi connectivity index (χ4n) is 3.22. The lowest BCUT2D eigenvalue weighted by molar-refractivity contribution is 0.0685. The van der Waals surface area contributed by atoms with E-state index in [9.17, 15) is 0 Å². The van der Waals surface area contributed by atoms with Crippen molar-refractivity contribution in [2.75, 3.05) is 19.6 Å². The first kappa shape index (κ1) is 15.5. The highest BCUT2D eigenvalue weighted by Gasteiger charge is 2.33.